The zero-order chi connectivity index (χ0) is 25.1. The molecule has 8 nitrogen and oxygen atoms in total. The Morgan fingerprint density at radius 2 is 1.76 bits per heavy atom. The van der Waals surface area contributed by atoms with E-state index in [9.17, 15) is 28.5 Å². The van der Waals surface area contributed by atoms with Crippen LogP contribution in [-0.2, 0) is 14.9 Å². The van der Waals surface area contributed by atoms with E-state index in [4.69, 9.17) is 4.55 Å². The molecule has 1 amide bonds. The summed E-state index contributed by atoms with van der Waals surface area (Å²) in [6.45, 7) is 6.60. The van der Waals surface area contributed by atoms with Crippen molar-refractivity contribution in [1.82, 2.24) is 5.32 Å². The van der Waals surface area contributed by atoms with Gasteiger partial charge in [0.05, 0.1) is 18.3 Å². The molecular formula is C25H43NO7S. The number of carbonyl (C=O) groups is 1. The second kappa shape index (κ2) is 9.29. The molecule has 5 N–H and O–H groups in total. The minimum absolute atomic E-state index is 0.0419. The van der Waals surface area contributed by atoms with Crippen molar-refractivity contribution in [3.05, 3.63) is 0 Å². The van der Waals surface area contributed by atoms with Gasteiger partial charge in [0.1, 0.15) is 5.88 Å². The fraction of sp³-hybridized carbons (Fsp3) is 0.960. The third-order valence-electron chi connectivity index (χ3n) is 10.8. The standard InChI is InChI=1S/C25H43NO7S/c1-14(4-7-22(30)26-13-34(31,32)33)17-5-6-18-23-19(12-21(29)25(17,18)3)24(2)9-8-16(27)10-15(24)11-20(23)28/h14-21,23,27-29H,4-13H2,1-3H3,(H,26,30)(H,31,32,33)/t14-,15+,16-,17-,18+,19+,20-,21+,23+,24+,25-/m1/s1. The molecule has 0 aromatic rings. The van der Waals surface area contributed by atoms with Crippen LogP contribution in [0.4, 0.5) is 0 Å². The Morgan fingerprint density at radius 1 is 1.06 bits per heavy atom. The number of aliphatic hydroxyl groups excluding tert-OH is 3. The van der Waals surface area contributed by atoms with Gasteiger partial charge in [-0.2, -0.15) is 8.42 Å². The molecule has 4 aliphatic rings. The molecule has 34 heavy (non-hydrogen) atoms. The summed E-state index contributed by atoms with van der Waals surface area (Å²) in [4.78, 5) is 12.1. The number of carbonyl (C=O) groups excluding carboxylic acids is 1. The Kier molecular flexibility index (Phi) is 7.19. The normalized spacial score (nSPS) is 47.3. The molecule has 0 unspecified atom stereocenters. The fourth-order valence-corrected chi connectivity index (χ4v) is 9.30. The SMILES string of the molecule is C[C@H](CCC(=O)NCS(=O)(=O)O)[C@H]1CC[C@H]2[C@@H]3[C@H](O)C[C@@H]4C[C@H](O)CC[C@]4(C)[C@H]3C[C@H](O)[C@]12C. The first-order valence-corrected chi connectivity index (χ1v) is 14.6. The topological polar surface area (TPSA) is 144 Å². The van der Waals surface area contributed by atoms with Crippen molar-refractivity contribution in [2.45, 2.75) is 96.9 Å². The molecule has 0 radical (unpaired) electrons. The van der Waals surface area contributed by atoms with E-state index in [0.29, 0.717) is 18.8 Å². The van der Waals surface area contributed by atoms with Gasteiger partial charge < -0.3 is 20.6 Å². The lowest BCUT2D eigenvalue weighted by Gasteiger charge is -2.63. The molecule has 0 saturated heterocycles. The second-order valence-electron chi connectivity index (χ2n) is 12.4. The number of rotatable bonds is 6. The van der Waals surface area contributed by atoms with Crippen LogP contribution in [0.3, 0.4) is 0 Å². The van der Waals surface area contributed by atoms with Crippen molar-refractivity contribution in [2.24, 2.45) is 46.3 Å². The lowest BCUT2D eigenvalue weighted by molar-refractivity contribution is -0.207. The summed E-state index contributed by atoms with van der Waals surface area (Å²) < 4.78 is 30.6. The number of hydrogen-bond acceptors (Lipinski definition) is 6. The number of nitrogens with one attached hydrogen (secondary N) is 1. The van der Waals surface area contributed by atoms with E-state index >= 15 is 0 Å². The number of aliphatic hydroxyl groups is 3. The maximum Gasteiger partial charge on any atom is 0.283 e. The zero-order valence-electron chi connectivity index (χ0n) is 20.7. The molecule has 0 aromatic carbocycles. The molecule has 0 aliphatic heterocycles. The Balaban J connectivity index is 1.47. The molecule has 0 heterocycles. The molecule has 4 fully saturated rings. The highest BCUT2D eigenvalue weighted by Gasteiger charge is 2.65. The van der Waals surface area contributed by atoms with Crippen molar-refractivity contribution in [3.8, 4) is 0 Å². The van der Waals surface area contributed by atoms with Crippen LogP contribution in [0.1, 0.15) is 78.6 Å². The average molecular weight is 502 g/mol. The lowest BCUT2D eigenvalue weighted by atomic mass is 9.43. The van der Waals surface area contributed by atoms with Crippen LogP contribution >= 0.6 is 0 Å². The first-order valence-electron chi connectivity index (χ1n) is 13.0. The predicted octanol–water partition coefficient (Wildman–Crippen LogP) is 2.33. The Labute approximate surface area is 203 Å². The van der Waals surface area contributed by atoms with Gasteiger partial charge in [0.2, 0.25) is 5.91 Å². The van der Waals surface area contributed by atoms with Crippen LogP contribution in [0.5, 0.6) is 0 Å². The van der Waals surface area contributed by atoms with Crippen molar-refractivity contribution < 1.29 is 33.1 Å². The molecule has 0 bridgehead atoms. The van der Waals surface area contributed by atoms with E-state index in [0.717, 1.165) is 38.5 Å². The highest BCUT2D eigenvalue weighted by atomic mass is 32.2. The average Bonchev–Trinajstić information content (AvgIpc) is 3.10. The second-order valence-corrected chi connectivity index (χ2v) is 13.8. The van der Waals surface area contributed by atoms with Gasteiger partial charge in [-0.15, -0.1) is 0 Å². The van der Waals surface area contributed by atoms with Gasteiger partial charge in [0, 0.05) is 6.42 Å². The summed E-state index contributed by atoms with van der Waals surface area (Å²) in [6.07, 6.45) is 5.36. The summed E-state index contributed by atoms with van der Waals surface area (Å²) in [7, 11) is -4.24. The summed E-state index contributed by atoms with van der Waals surface area (Å²) in [5.41, 5.74) is -0.288. The van der Waals surface area contributed by atoms with Crippen molar-refractivity contribution in [1.29, 1.82) is 0 Å². The predicted molar refractivity (Wildman–Crippen MR) is 127 cm³/mol. The van der Waals surface area contributed by atoms with E-state index in [1.54, 1.807) is 0 Å². The lowest BCUT2D eigenvalue weighted by Crippen LogP contribution is -2.62. The molecular weight excluding hydrogens is 458 g/mol. The highest BCUT2D eigenvalue weighted by Crippen LogP contribution is 2.68. The van der Waals surface area contributed by atoms with Crippen LogP contribution in [0.25, 0.3) is 0 Å². The molecule has 9 heteroatoms. The van der Waals surface area contributed by atoms with E-state index in [1.165, 1.54) is 0 Å². The zero-order valence-corrected chi connectivity index (χ0v) is 21.5. The minimum Gasteiger partial charge on any atom is -0.393 e. The Morgan fingerprint density at radius 3 is 2.44 bits per heavy atom. The van der Waals surface area contributed by atoms with E-state index in [-0.39, 0.29) is 52.9 Å². The van der Waals surface area contributed by atoms with Gasteiger partial charge in [-0.1, -0.05) is 20.8 Å². The Hall–Kier alpha value is -0.740. The van der Waals surface area contributed by atoms with Crippen LogP contribution in [0.15, 0.2) is 0 Å². The van der Waals surface area contributed by atoms with Crippen LogP contribution in [0.2, 0.25) is 0 Å². The molecule has 4 aliphatic carbocycles. The maximum absolute atomic E-state index is 12.1. The van der Waals surface area contributed by atoms with Gasteiger partial charge in [0.25, 0.3) is 10.1 Å². The smallest absolute Gasteiger partial charge is 0.283 e. The van der Waals surface area contributed by atoms with Crippen LogP contribution in [-0.4, -0.2) is 58.4 Å². The largest absolute Gasteiger partial charge is 0.393 e. The number of fused-ring (bicyclic) bond motifs is 5. The molecule has 0 aromatic heterocycles. The van der Waals surface area contributed by atoms with E-state index < -0.39 is 34.1 Å². The first-order chi connectivity index (χ1) is 15.8. The molecule has 4 rings (SSSR count). The van der Waals surface area contributed by atoms with Gasteiger partial charge in [-0.05, 0) is 97.7 Å². The monoisotopic (exact) mass is 501 g/mol. The van der Waals surface area contributed by atoms with Crippen molar-refractivity contribution in [2.75, 3.05) is 5.88 Å². The highest BCUT2D eigenvalue weighted by molar-refractivity contribution is 7.85. The maximum atomic E-state index is 12.1. The van der Waals surface area contributed by atoms with Gasteiger partial charge in [0.15, 0.2) is 0 Å². The van der Waals surface area contributed by atoms with E-state index in [2.05, 4.69) is 26.1 Å². The molecule has 4 saturated carbocycles. The van der Waals surface area contributed by atoms with E-state index in [1.807, 2.05) is 0 Å². The fourth-order valence-electron chi connectivity index (χ4n) is 8.95. The molecule has 196 valence electrons. The first kappa shape index (κ1) is 26.3. The molecule has 0 spiro atoms. The van der Waals surface area contributed by atoms with Gasteiger partial charge >= 0.3 is 0 Å². The van der Waals surface area contributed by atoms with Crippen LogP contribution in [0, 0.1) is 46.3 Å². The number of amides is 1. The van der Waals surface area contributed by atoms with Crippen LogP contribution < -0.4 is 5.32 Å². The summed E-state index contributed by atoms with van der Waals surface area (Å²) in [5.74, 6) is 0.111. The quantitative estimate of drug-likeness (QED) is 0.351. The summed E-state index contributed by atoms with van der Waals surface area (Å²) in [5, 5.41) is 35.4. The van der Waals surface area contributed by atoms with Crippen molar-refractivity contribution >= 4 is 16.0 Å². The summed E-state index contributed by atoms with van der Waals surface area (Å²) in [6, 6.07) is 0. The van der Waals surface area contributed by atoms with Gasteiger partial charge in [-0.25, -0.2) is 0 Å². The third kappa shape index (κ3) is 4.56. The molecule has 11 atom stereocenters. The summed E-state index contributed by atoms with van der Waals surface area (Å²) >= 11 is 0. The van der Waals surface area contributed by atoms with Gasteiger partial charge in [-0.3, -0.25) is 9.35 Å². The Bertz CT molecular complexity index is 880. The number of hydrogen-bond donors (Lipinski definition) is 5. The minimum atomic E-state index is -4.24. The van der Waals surface area contributed by atoms with Crippen molar-refractivity contribution in [3.63, 3.8) is 0 Å². The third-order valence-corrected chi connectivity index (χ3v) is 11.3.